The van der Waals surface area contributed by atoms with Gasteiger partial charge in [0.2, 0.25) is 0 Å². The molecule has 1 fully saturated rings. The molecule has 2 unspecified atom stereocenters. The summed E-state index contributed by atoms with van der Waals surface area (Å²) >= 11 is 3.54. The van der Waals surface area contributed by atoms with Crippen LogP contribution in [-0.4, -0.2) is 31.6 Å². The average Bonchev–Trinajstić information content (AvgIpc) is 2.47. The summed E-state index contributed by atoms with van der Waals surface area (Å²) in [5.41, 5.74) is 7.17. The zero-order chi connectivity index (χ0) is 14.5. The Morgan fingerprint density at radius 1 is 1.35 bits per heavy atom. The normalized spacial score (nSPS) is 23.1. The van der Waals surface area contributed by atoms with Crippen LogP contribution in [-0.2, 0) is 6.54 Å². The Balaban J connectivity index is 2.10. The standard InChI is InChI=1S/C16H25BrN2O/c1-19(15-6-4-3-5-12(15)10-18)11-13-9-14(17)7-8-16(13)20-2/h7-9,12,15H,3-6,10-11,18H2,1-2H3. The second-order valence-corrected chi connectivity index (χ2v) is 6.63. The zero-order valence-corrected chi connectivity index (χ0v) is 14.0. The fourth-order valence-electron chi connectivity index (χ4n) is 3.30. The SMILES string of the molecule is COc1ccc(Br)cc1CN(C)C1CCCCC1CN. The van der Waals surface area contributed by atoms with Crippen LogP contribution in [0.1, 0.15) is 31.2 Å². The summed E-state index contributed by atoms with van der Waals surface area (Å²) < 4.78 is 6.57. The first-order valence-electron chi connectivity index (χ1n) is 7.38. The van der Waals surface area contributed by atoms with E-state index in [1.807, 2.05) is 12.1 Å². The van der Waals surface area contributed by atoms with Crippen molar-refractivity contribution in [3.8, 4) is 5.75 Å². The van der Waals surface area contributed by atoms with Crippen LogP contribution >= 0.6 is 15.9 Å². The van der Waals surface area contributed by atoms with Gasteiger partial charge in [0.1, 0.15) is 5.75 Å². The number of hydrogen-bond acceptors (Lipinski definition) is 3. The molecule has 0 radical (unpaired) electrons. The van der Waals surface area contributed by atoms with Gasteiger partial charge in [-0.05, 0) is 50.6 Å². The topological polar surface area (TPSA) is 38.5 Å². The molecule has 0 saturated heterocycles. The van der Waals surface area contributed by atoms with Crippen LogP contribution in [0.3, 0.4) is 0 Å². The first-order valence-corrected chi connectivity index (χ1v) is 8.17. The fourth-order valence-corrected chi connectivity index (χ4v) is 3.71. The molecule has 2 N–H and O–H groups in total. The predicted octanol–water partition coefficient (Wildman–Crippen LogP) is 3.41. The maximum Gasteiger partial charge on any atom is 0.123 e. The molecule has 0 amide bonds. The first kappa shape index (κ1) is 15.8. The number of methoxy groups -OCH3 is 1. The van der Waals surface area contributed by atoms with Crippen molar-refractivity contribution in [2.75, 3.05) is 20.7 Å². The van der Waals surface area contributed by atoms with E-state index in [2.05, 4.69) is 33.9 Å². The molecule has 0 aliphatic heterocycles. The van der Waals surface area contributed by atoms with Crippen LogP contribution in [0.5, 0.6) is 5.75 Å². The van der Waals surface area contributed by atoms with Gasteiger partial charge >= 0.3 is 0 Å². The number of benzene rings is 1. The van der Waals surface area contributed by atoms with Gasteiger partial charge in [-0.1, -0.05) is 28.8 Å². The van der Waals surface area contributed by atoms with Crippen LogP contribution in [0.4, 0.5) is 0 Å². The van der Waals surface area contributed by atoms with Gasteiger partial charge in [0.05, 0.1) is 7.11 Å². The molecule has 1 aromatic carbocycles. The summed E-state index contributed by atoms with van der Waals surface area (Å²) in [6.07, 6.45) is 5.17. The quantitative estimate of drug-likeness (QED) is 0.892. The van der Waals surface area contributed by atoms with Crippen molar-refractivity contribution in [1.29, 1.82) is 0 Å². The van der Waals surface area contributed by atoms with Crippen molar-refractivity contribution in [1.82, 2.24) is 4.90 Å². The van der Waals surface area contributed by atoms with Gasteiger partial charge in [0.15, 0.2) is 0 Å². The number of hydrogen-bond donors (Lipinski definition) is 1. The van der Waals surface area contributed by atoms with E-state index < -0.39 is 0 Å². The average molecular weight is 341 g/mol. The monoisotopic (exact) mass is 340 g/mol. The fraction of sp³-hybridized carbons (Fsp3) is 0.625. The number of halogens is 1. The molecule has 1 aromatic rings. The van der Waals surface area contributed by atoms with Gasteiger partial charge in [-0.25, -0.2) is 0 Å². The van der Waals surface area contributed by atoms with Gasteiger partial charge in [-0.15, -0.1) is 0 Å². The van der Waals surface area contributed by atoms with Crippen molar-refractivity contribution in [3.63, 3.8) is 0 Å². The maximum atomic E-state index is 5.95. The van der Waals surface area contributed by atoms with Crippen molar-refractivity contribution in [3.05, 3.63) is 28.2 Å². The molecule has 2 rings (SSSR count). The summed E-state index contributed by atoms with van der Waals surface area (Å²) in [6.45, 7) is 1.70. The molecule has 1 saturated carbocycles. The van der Waals surface area contributed by atoms with Gasteiger partial charge in [0, 0.05) is 22.6 Å². The second kappa shape index (κ2) is 7.43. The Morgan fingerprint density at radius 3 is 2.80 bits per heavy atom. The summed E-state index contributed by atoms with van der Waals surface area (Å²) in [6, 6.07) is 6.79. The third kappa shape index (κ3) is 3.74. The first-order chi connectivity index (χ1) is 9.65. The van der Waals surface area contributed by atoms with Crippen LogP contribution < -0.4 is 10.5 Å². The van der Waals surface area contributed by atoms with Crippen molar-refractivity contribution >= 4 is 15.9 Å². The van der Waals surface area contributed by atoms with E-state index in [-0.39, 0.29) is 0 Å². The highest BCUT2D eigenvalue weighted by atomic mass is 79.9. The predicted molar refractivity (Wildman–Crippen MR) is 87.0 cm³/mol. The molecule has 1 aliphatic carbocycles. The summed E-state index contributed by atoms with van der Waals surface area (Å²) in [4.78, 5) is 2.45. The number of nitrogens with two attached hydrogens (primary N) is 1. The van der Waals surface area contributed by atoms with Crippen molar-refractivity contribution < 1.29 is 4.74 Å². The minimum absolute atomic E-state index is 0.595. The van der Waals surface area contributed by atoms with E-state index in [4.69, 9.17) is 10.5 Å². The lowest BCUT2D eigenvalue weighted by atomic mass is 9.83. The lowest BCUT2D eigenvalue weighted by Crippen LogP contribution is -2.42. The third-order valence-electron chi connectivity index (χ3n) is 4.40. The van der Waals surface area contributed by atoms with Gasteiger partial charge < -0.3 is 10.5 Å². The molecular weight excluding hydrogens is 316 g/mol. The van der Waals surface area contributed by atoms with Crippen molar-refractivity contribution in [2.45, 2.75) is 38.3 Å². The highest BCUT2D eigenvalue weighted by Gasteiger charge is 2.27. The Hall–Kier alpha value is -0.580. The highest BCUT2D eigenvalue weighted by molar-refractivity contribution is 9.10. The van der Waals surface area contributed by atoms with E-state index in [0.29, 0.717) is 12.0 Å². The smallest absolute Gasteiger partial charge is 0.123 e. The lowest BCUT2D eigenvalue weighted by Gasteiger charge is -2.37. The Kier molecular flexibility index (Phi) is 5.87. The van der Waals surface area contributed by atoms with E-state index >= 15 is 0 Å². The van der Waals surface area contributed by atoms with E-state index in [9.17, 15) is 0 Å². The van der Waals surface area contributed by atoms with Gasteiger partial charge in [0.25, 0.3) is 0 Å². The molecular formula is C16H25BrN2O. The minimum atomic E-state index is 0.595. The highest BCUT2D eigenvalue weighted by Crippen LogP contribution is 2.30. The van der Waals surface area contributed by atoms with Gasteiger partial charge in [-0.2, -0.15) is 0 Å². The van der Waals surface area contributed by atoms with E-state index in [1.54, 1.807) is 7.11 Å². The largest absolute Gasteiger partial charge is 0.496 e. The maximum absolute atomic E-state index is 5.95. The number of nitrogens with zero attached hydrogens (tertiary/aromatic N) is 1. The lowest BCUT2D eigenvalue weighted by molar-refractivity contribution is 0.126. The molecule has 3 nitrogen and oxygen atoms in total. The molecule has 112 valence electrons. The third-order valence-corrected chi connectivity index (χ3v) is 4.89. The molecule has 0 bridgehead atoms. The Bertz CT molecular complexity index is 438. The summed E-state index contributed by atoms with van der Waals surface area (Å²) in [5, 5.41) is 0. The van der Waals surface area contributed by atoms with Crippen LogP contribution in [0, 0.1) is 5.92 Å². The summed E-state index contributed by atoms with van der Waals surface area (Å²) in [5.74, 6) is 1.59. The zero-order valence-electron chi connectivity index (χ0n) is 12.4. The molecule has 0 aromatic heterocycles. The van der Waals surface area contributed by atoms with Crippen molar-refractivity contribution in [2.24, 2.45) is 11.7 Å². The van der Waals surface area contributed by atoms with E-state index in [1.165, 1.54) is 31.2 Å². The summed E-state index contributed by atoms with van der Waals surface area (Å²) in [7, 11) is 3.94. The molecule has 1 aliphatic rings. The Morgan fingerprint density at radius 2 is 2.10 bits per heavy atom. The molecule has 0 spiro atoms. The molecule has 4 heteroatoms. The number of rotatable bonds is 5. The molecule has 0 heterocycles. The van der Waals surface area contributed by atoms with Gasteiger partial charge in [-0.3, -0.25) is 4.90 Å². The Labute approximate surface area is 130 Å². The van der Waals surface area contributed by atoms with E-state index in [0.717, 1.165) is 23.3 Å². The molecule has 20 heavy (non-hydrogen) atoms. The second-order valence-electron chi connectivity index (χ2n) is 5.72. The van der Waals surface area contributed by atoms with Crippen LogP contribution in [0.15, 0.2) is 22.7 Å². The van der Waals surface area contributed by atoms with Crippen LogP contribution in [0.25, 0.3) is 0 Å². The molecule has 2 atom stereocenters. The number of ether oxygens (including phenoxy) is 1. The van der Waals surface area contributed by atoms with Crippen LogP contribution in [0.2, 0.25) is 0 Å². The minimum Gasteiger partial charge on any atom is -0.496 e.